The molecular weight excluding hydrogens is 480 g/mol. The van der Waals surface area contributed by atoms with E-state index in [-0.39, 0.29) is 17.4 Å². The Hall–Kier alpha value is -3.40. The molecule has 0 bridgehead atoms. The minimum atomic E-state index is -0.650. The van der Waals surface area contributed by atoms with Gasteiger partial charge >= 0.3 is 0 Å². The van der Waals surface area contributed by atoms with Crippen molar-refractivity contribution in [3.05, 3.63) is 66.2 Å². The van der Waals surface area contributed by atoms with E-state index in [1.54, 1.807) is 24.7 Å². The lowest BCUT2D eigenvalue weighted by Crippen LogP contribution is -2.34. The third-order valence-electron chi connectivity index (χ3n) is 6.04. The molecule has 3 aromatic carbocycles. The molecule has 2 N–H and O–H groups in total. The van der Waals surface area contributed by atoms with Crippen LogP contribution in [0.25, 0.3) is 11.1 Å². The number of methoxy groups -OCH3 is 3. The number of nitrogens with one attached hydrogen (secondary N) is 1. The minimum absolute atomic E-state index is 0.101. The summed E-state index contributed by atoms with van der Waals surface area (Å²) in [5, 5.41) is 9.24. The van der Waals surface area contributed by atoms with Crippen LogP contribution in [0.1, 0.15) is 23.2 Å². The van der Waals surface area contributed by atoms with Crippen molar-refractivity contribution in [3.63, 3.8) is 0 Å². The predicted molar refractivity (Wildman–Crippen MR) is 138 cm³/mol. The van der Waals surface area contributed by atoms with Crippen molar-refractivity contribution >= 4 is 17.9 Å². The van der Waals surface area contributed by atoms with Crippen molar-refractivity contribution in [1.82, 2.24) is 9.79 Å². The molecule has 0 aliphatic carbocycles. The lowest BCUT2D eigenvalue weighted by molar-refractivity contribution is 0.0698. The Labute approximate surface area is 215 Å². The fraction of sp³-hybridized carbons (Fsp3) is 0.296. The zero-order chi connectivity index (χ0) is 25.5. The number of hydrogen-bond donors (Lipinski definition) is 2. The summed E-state index contributed by atoms with van der Waals surface area (Å²) in [6, 6.07) is 19.6. The molecule has 8 nitrogen and oxygen atoms in total. The van der Waals surface area contributed by atoms with Gasteiger partial charge in [-0.15, -0.1) is 0 Å². The highest BCUT2D eigenvalue weighted by molar-refractivity contribution is 7.97. The van der Waals surface area contributed by atoms with E-state index >= 15 is 0 Å². The molecule has 0 unspecified atom stereocenters. The second kappa shape index (κ2) is 12.0. The summed E-state index contributed by atoms with van der Waals surface area (Å²) in [5.74, 6) is 1.72. The smallest absolute Gasteiger partial charge is 0.279 e. The summed E-state index contributed by atoms with van der Waals surface area (Å²) in [5.41, 5.74) is 4.06. The molecule has 1 aliphatic rings. The van der Waals surface area contributed by atoms with E-state index in [9.17, 15) is 10.0 Å². The molecule has 9 heteroatoms. The highest BCUT2D eigenvalue weighted by atomic mass is 32.2. The molecule has 0 spiro atoms. The Bertz CT molecular complexity index is 1180. The minimum Gasteiger partial charge on any atom is -0.496 e. The second-order valence-corrected chi connectivity index (χ2v) is 9.32. The molecular formula is C27H30N2O6S. The molecule has 0 aromatic heterocycles. The SMILES string of the molecule is COc1ccccc1-c1ccc(OC2CCN(Sc3ccc(OC)c(OC)c3C(=O)NO)CC2)cc1. The second-order valence-electron chi connectivity index (χ2n) is 8.18. The molecule has 1 aliphatic heterocycles. The standard InChI is InChI=1S/C27H30N2O6S/c1-32-22-7-5-4-6-21(22)18-8-10-19(11-9-18)35-20-14-16-29(17-15-20)36-24-13-12-23(33-2)26(34-3)25(24)27(30)28-31/h4-13,20,31H,14-17H2,1-3H3,(H,28,30). The monoisotopic (exact) mass is 510 g/mol. The summed E-state index contributed by atoms with van der Waals surface area (Å²) in [6.07, 6.45) is 1.79. The number of amides is 1. The van der Waals surface area contributed by atoms with Crippen molar-refractivity contribution in [2.75, 3.05) is 34.4 Å². The number of nitrogens with zero attached hydrogens (tertiary/aromatic N) is 1. The van der Waals surface area contributed by atoms with Crippen LogP contribution in [0.3, 0.4) is 0 Å². The highest BCUT2D eigenvalue weighted by Gasteiger charge is 2.26. The molecule has 3 aromatic rings. The van der Waals surface area contributed by atoms with Crippen LogP contribution >= 0.6 is 11.9 Å². The first-order valence-electron chi connectivity index (χ1n) is 11.6. The Morgan fingerprint density at radius 2 is 1.61 bits per heavy atom. The summed E-state index contributed by atoms with van der Waals surface area (Å²) in [7, 11) is 4.64. The van der Waals surface area contributed by atoms with Gasteiger partial charge in [0.05, 0.1) is 21.3 Å². The normalized spacial score (nSPS) is 14.2. The molecule has 190 valence electrons. The summed E-state index contributed by atoms with van der Waals surface area (Å²) >= 11 is 1.45. The molecule has 0 atom stereocenters. The average molecular weight is 511 g/mol. The van der Waals surface area contributed by atoms with E-state index in [2.05, 4.69) is 4.31 Å². The first-order valence-corrected chi connectivity index (χ1v) is 12.4. The number of para-hydroxylation sites is 1. The fourth-order valence-electron chi connectivity index (χ4n) is 4.22. The molecule has 4 rings (SSSR count). The first kappa shape index (κ1) is 25.7. The van der Waals surface area contributed by atoms with Gasteiger partial charge in [-0.2, -0.15) is 0 Å². The van der Waals surface area contributed by atoms with Crippen LogP contribution in [0.15, 0.2) is 65.6 Å². The summed E-state index contributed by atoms with van der Waals surface area (Å²) in [6.45, 7) is 1.56. The Morgan fingerprint density at radius 1 is 0.917 bits per heavy atom. The first-order chi connectivity index (χ1) is 17.6. The Balaban J connectivity index is 1.37. The van der Waals surface area contributed by atoms with Gasteiger partial charge in [0.25, 0.3) is 5.91 Å². The lowest BCUT2D eigenvalue weighted by Gasteiger charge is -2.31. The number of hydroxylamine groups is 1. The van der Waals surface area contributed by atoms with Crippen LogP contribution in [0.4, 0.5) is 0 Å². The maximum absolute atomic E-state index is 12.4. The fourth-order valence-corrected chi connectivity index (χ4v) is 5.30. The Morgan fingerprint density at radius 3 is 2.25 bits per heavy atom. The molecule has 1 amide bonds. The quantitative estimate of drug-likeness (QED) is 0.235. The maximum atomic E-state index is 12.4. The van der Waals surface area contributed by atoms with Gasteiger partial charge in [0.2, 0.25) is 0 Å². The van der Waals surface area contributed by atoms with Crippen molar-refractivity contribution in [3.8, 4) is 34.1 Å². The van der Waals surface area contributed by atoms with Crippen LogP contribution in [0.5, 0.6) is 23.0 Å². The topological polar surface area (TPSA) is 89.5 Å². The van der Waals surface area contributed by atoms with E-state index in [4.69, 9.17) is 18.9 Å². The lowest BCUT2D eigenvalue weighted by atomic mass is 10.0. The molecule has 0 radical (unpaired) electrons. The summed E-state index contributed by atoms with van der Waals surface area (Å²) < 4.78 is 24.6. The van der Waals surface area contributed by atoms with E-state index in [1.807, 2.05) is 48.5 Å². The van der Waals surface area contributed by atoms with Crippen LogP contribution < -0.4 is 24.4 Å². The number of carbonyl (C=O) groups excluding carboxylic acids is 1. The van der Waals surface area contributed by atoms with Gasteiger partial charge in [-0.3, -0.25) is 10.0 Å². The van der Waals surface area contributed by atoms with Gasteiger partial charge in [0, 0.05) is 23.5 Å². The van der Waals surface area contributed by atoms with Gasteiger partial charge in [-0.1, -0.05) is 30.3 Å². The number of piperidine rings is 1. The van der Waals surface area contributed by atoms with E-state index in [0.717, 1.165) is 48.6 Å². The van der Waals surface area contributed by atoms with Crippen molar-refractivity contribution in [1.29, 1.82) is 0 Å². The van der Waals surface area contributed by atoms with E-state index in [0.29, 0.717) is 10.6 Å². The average Bonchev–Trinajstić information content (AvgIpc) is 2.93. The number of ether oxygens (including phenoxy) is 4. The third kappa shape index (κ3) is 5.70. The van der Waals surface area contributed by atoms with Crippen molar-refractivity contribution in [2.24, 2.45) is 0 Å². The molecule has 0 saturated carbocycles. The zero-order valence-corrected chi connectivity index (χ0v) is 21.3. The van der Waals surface area contributed by atoms with Gasteiger partial charge in [0.15, 0.2) is 11.5 Å². The van der Waals surface area contributed by atoms with Crippen LogP contribution in [-0.4, -0.2) is 55.9 Å². The van der Waals surface area contributed by atoms with E-state index < -0.39 is 5.91 Å². The number of carbonyl (C=O) groups is 1. The van der Waals surface area contributed by atoms with Gasteiger partial charge in [-0.05, 0) is 60.7 Å². The molecule has 1 fully saturated rings. The number of rotatable bonds is 9. The number of hydrogen-bond acceptors (Lipinski definition) is 8. The van der Waals surface area contributed by atoms with Crippen LogP contribution in [-0.2, 0) is 0 Å². The maximum Gasteiger partial charge on any atom is 0.279 e. The van der Waals surface area contributed by atoms with E-state index in [1.165, 1.54) is 26.2 Å². The Kier molecular flexibility index (Phi) is 8.58. The van der Waals surface area contributed by atoms with Crippen LogP contribution in [0, 0.1) is 0 Å². The summed E-state index contributed by atoms with van der Waals surface area (Å²) in [4.78, 5) is 13.0. The predicted octanol–water partition coefficient (Wildman–Crippen LogP) is 5.05. The van der Waals surface area contributed by atoms with Crippen LogP contribution in [0.2, 0.25) is 0 Å². The number of benzene rings is 3. The molecule has 36 heavy (non-hydrogen) atoms. The van der Waals surface area contributed by atoms with Gasteiger partial charge in [0.1, 0.15) is 23.2 Å². The molecule has 1 saturated heterocycles. The highest BCUT2D eigenvalue weighted by Crippen LogP contribution is 2.40. The molecule has 1 heterocycles. The zero-order valence-electron chi connectivity index (χ0n) is 20.5. The largest absolute Gasteiger partial charge is 0.496 e. The third-order valence-corrected chi connectivity index (χ3v) is 7.20. The van der Waals surface area contributed by atoms with Gasteiger partial charge in [-0.25, -0.2) is 9.79 Å². The van der Waals surface area contributed by atoms with Crippen molar-refractivity contribution in [2.45, 2.75) is 23.8 Å². The van der Waals surface area contributed by atoms with Crippen molar-refractivity contribution < 1.29 is 28.9 Å². The van der Waals surface area contributed by atoms with Gasteiger partial charge < -0.3 is 18.9 Å².